The summed E-state index contributed by atoms with van der Waals surface area (Å²) in [6, 6.07) is 15.1. The van der Waals surface area contributed by atoms with Crippen molar-refractivity contribution in [2.75, 3.05) is 4.90 Å². The normalized spacial score (nSPS) is 18.4. The van der Waals surface area contributed by atoms with Gasteiger partial charge in [-0.15, -0.1) is 0 Å². The van der Waals surface area contributed by atoms with Crippen LogP contribution in [0, 0.1) is 0 Å². The van der Waals surface area contributed by atoms with E-state index < -0.39 is 0 Å². The van der Waals surface area contributed by atoms with Gasteiger partial charge in [0.15, 0.2) is 0 Å². The Labute approximate surface area is 114 Å². The van der Waals surface area contributed by atoms with Crippen molar-refractivity contribution >= 4 is 5.69 Å². The first-order valence-electron chi connectivity index (χ1n) is 6.94. The fourth-order valence-corrected chi connectivity index (χ4v) is 2.64. The molecule has 0 saturated heterocycles. The van der Waals surface area contributed by atoms with Gasteiger partial charge in [0, 0.05) is 11.7 Å². The van der Waals surface area contributed by atoms with Crippen molar-refractivity contribution in [3.63, 3.8) is 0 Å². The lowest BCUT2D eigenvalue weighted by Gasteiger charge is -2.33. The summed E-state index contributed by atoms with van der Waals surface area (Å²) in [6.07, 6.45) is 10.1. The molecule has 1 unspecified atom stereocenters. The molecule has 2 heteroatoms. The molecule has 1 atom stereocenters. The summed E-state index contributed by atoms with van der Waals surface area (Å²) in [5.41, 5.74) is 1.26. The van der Waals surface area contributed by atoms with E-state index in [2.05, 4.69) is 47.4 Å². The molecule has 0 aliphatic heterocycles. The quantitative estimate of drug-likeness (QED) is 0.751. The van der Waals surface area contributed by atoms with Gasteiger partial charge in [-0.05, 0) is 43.5 Å². The van der Waals surface area contributed by atoms with Gasteiger partial charge < -0.3 is 9.32 Å². The van der Waals surface area contributed by atoms with E-state index in [0.29, 0.717) is 6.04 Å². The molecule has 19 heavy (non-hydrogen) atoms. The Morgan fingerprint density at radius 1 is 1.11 bits per heavy atom. The smallest absolute Gasteiger partial charge is 0.123 e. The van der Waals surface area contributed by atoms with Crippen LogP contribution in [0.4, 0.5) is 5.69 Å². The van der Waals surface area contributed by atoms with Crippen molar-refractivity contribution in [2.45, 2.75) is 31.8 Å². The number of allylic oxidation sites excluding steroid dienone is 1. The molecule has 0 amide bonds. The summed E-state index contributed by atoms with van der Waals surface area (Å²) in [7, 11) is 0. The first-order chi connectivity index (χ1) is 9.43. The number of rotatable bonds is 4. The molecule has 1 aliphatic rings. The second-order valence-electron chi connectivity index (χ2n) is 4.97. The summed E-state index contributed by atoms with van der Waals surface area (Å²) in [4.78, 5) is 2.43. The summed E-state index contributed by atoms with van der Waals surface area (Å²) in [6.45, 7) is 0.825. The van der Waals surface area contributed by atoms with Crippen molar-refractivity contribution < 1.29 is 4.42 Å². The SMILES string of the molecule is C1=CC(N(Cc2ccco2)c2ccccc2)CCC1. The third-order valence-electron chi connectivity index (χ3n) is 3.62. The summed E-state index contributed by atoms with van der Waals surface area (Å²) >= 11 is 0. The fraction of sp³-hybridized carbons (Fsp3) is 0.294. The lowest BCUT2D eigenvalue weighted by Crippen LogP contribution is -2.34. The first-order valence-corrected chi connectivity index (χ1v) is 6.94. The number of nitrogens with zero attached hydrogens (tertiary/aromatic N) is 1. The molecule has 1 aromatic heterocycles. The molecule has 3 rings (SSSR count). The van der Waals surface area contributed by atoms with Crippen LogP contribution in [0.1, 0.15) is 25.0 Å². The molecule has 0 saturated carbocycles. The zero-order valence-electron chi connectivity index (χ0n) is 11.0. The van der Waals surface area contributed by atoms with Crippen LogP contribution in [0.25, 0.3) is 0 Å². The fourth-order valence-electron chi connectivity index (χ4n) is 2.64. The average Bonchev–Trinajstić information content (AvgIpc) is 3.00. The van der Waals surface area contributed by atoms with Crippen molar-refractivity contribution in [1.82, 2.24) is 0 Å². The van der Waals surface area contributed by atoms with Crippen molar-refractivity contribution in [1.29, 1.82) is 0 Å². The van der Waals surface area contributed by atoms with E-state index in [1.807, 2.05) is 12.1 Å². The van der Waals surface area contributed by atoms with Crippen LogP contribution in [0.5, 0.6) is 0 Å². The molecule has 1 aromatic carbocycles. The maximum absolute atomic E-state index is 5.51. The third-order valence-corrected chi connectivity index (χ3v) is 3.62. The van der Waals surface area contributed by atoms with E-state index >= 15 is 0 Å². The molecule has 2 nitrogen and oxygen atoms in total. The van der Waals surface area contributed by atoms with Crippen LogP contribution in [-0.4, -0.2) is 6.04 Å². The lowest BCUT2D eigenvalue weighted by atomic mass is 10.0. The number of benzene rings is 1. The Morgan fingerprint density at radius 2 is 2.00 bits per heavy atom. The predicted molar refractivity (Wildman–Crippen MR) is 78.1 cm³/mol. The molecule has 1 aliphatic carbocycles. The monoisotopic (exact) mass is 253 g/mol. The minimum absolute atomic E-state index is 0.473. The second-order valence-corrected chi connectivity index (χ2v) is 4.97. The van der Waals surface area contributed by atoms with E-state index in [0.717, 1.165) is 12.3 Å². The van der Waals surface area contributed by atoms with Gasteiger partial charge in [0.2, 0.25) is 0 Å². The summed E-state index contributed by atoms with van der Waals surface area (Å²) in [5.74, 6) is 1.02. The summed E-state index contributed by atoms with van der Waals surface area (Å²) in [5, 5.41) is 0. The van der Waals surface area contributed by atoms with Gasteiger partial charge in [-0.1, -0.05) is 30.4 Å². The van der Waals surface area contributed by atoms with Crippen LogP contribution < -0.4 is 4.90 Å². The van der Waals surface area contributed by atoms with E-state index in [4.69, 9.17) is 4.42 Å². The molecule has 98 valence electrons. The van der Waals surface area contributed by atoms with Crippen LogP contribution in [0.15, 0.2) is 65.3 Å². The Bertz CT molecular complexity index is 515. The van der Waals surface area contributed by atoms with Crippen molar-refractivity contribution in [3.05, 3.63) is 66.6 Å². The second kappa shape index (κ2) is 5.79. The first kappa shape index (κ1) is 12.1. The lowest BCUT2D eigenvalue weighted by molar-refractivity contribution is 0.484. The maximum atomic E-state index is 5.51. The van der Waals surface area contributed by atoms with E-state index in [-0.39, 0.29) is 0 Å². The standard InChI is InChI=1S/C17H19NO/c1-3-8-15(9-4-1)18(14-17-12-7-13-19-17)16-10-5-2-6-11-16/h1,3-5,7-10,12-13,16H,2,6,11,14H2. The van der Waals surface area contributed by atoms with Gasteiger partial charge in [-0.25, -0.2) is 0 Å². The Balaban J connectivity index is 1.86. The molecule has 0 fully saturated rings. The highest BCUT2D eigenvalue weighted by Crippen LogP contribution is 2.25. The van der Waals surface area contributed by atoms with Gasteiger partial charge in [0.05, 0.1) is 12.8 Å². The van der Waals surface area contributed by atoms with Gasteiger partial charge in [-0.3, -0.25) is 0 Å². The topological polar surface area (TPSA) is 16.4 Å². The molecular weight excluding hydrogens is 234 g/mol. The Hall–Kier alpha value is -1.96. The highest BCUT2D eigenvalue weighted by atomic mass is 16.3. The number of para-hydroxylation sites is 1. The zero-order chi connectivity index (χ0) is 12.9. The van der Waals surface area contributed by atoms with Crippen molar-refractivity contribution in [2.24, 2.45) is 0 Å². The third kappa shape index (κ3) is 2.90. The molecule has 2 aromatic rings. The van der Waals surface area contributed by atoms with Crippen LogP contribution >= 0.6 is 0 Å². The van der Waals surface area contributed by atoms with Crippen molar-refractivity contribution in [3.8, 4) is 0 Å². The highest BCUT2D eigenvalue weighted by Gasteiger charge is 2.19. The summed E-state index contributed by atoms with van der Waals surface area (Å²) < 4.78 is 5.51. The predicted octanol–water partition coefficient (Wildman–Crippen LogP) is 4.39. The van der Waals surface area contributed by atoms with E-state index in [1.54, 1.807) is 6.26 Å². The molecule has 0 radical (unpaired) electrons. The number of anilines is 1. The van der Waals surface area contributed by atoms with Gasteiger partial charge in [0.1, 0.15) is 5.76 Å². The molecule has 1 heterocycles. The number of hydrogen-bond acceptors (Lipinski definition) is 2. The van der Waals surface area contributed by atoms with Gasteiger partial charge >= 0.3 is 0 Å². The van der Waals surface area contributed by atoms with Crippen LogP contribution in [0.3, 0.4) is 0 Å². The highest BCUT2D eigenvalue weighted by molar-refractivity contribution is 5.48. The Morgan fingerprint density at radius 3 is 2.68 bits per heavy atom. The van der Waals surface area contributed by atoms with E-state index in [1.165, 1.54) is 24.9 Å². The maximum Gasteiger partial charge on any atom is 0.123 e. The molecule has 0 N–H and O–H groups in total. The molecular formula is C17H19NO. The van der Waals surface area contributed by atoms with Gasteiger partial charge in [-0.2, -0.15) is 0 Å². The van der Waals surface area contributed by atoms with E-state index in [9.17, 15) is 0 Å². The minimum Gasteiger partial charge on any atom is -0.467 e. The van der Waals surface area contributed by atoms with Gasteiger partial charge in [0.25, 0.3) is 0 Å². The average molecular weight is 253 g/mol. The Kier molecular flexibility index (Phi) is 3.68. The molecule has 0 bridgehead atoms. The largest absolute Gasteiger partial charge is 0.467 e. The number of hydrogen-bond donors (Lipinski definition) is 0. The minimum atomic E-state index is 0.473. The molecule has 0 spiro atoms. The number of furan rings is 1. The van der Waals surface area contributed by atoms with Crippen LogP contribution in [0.2, 0.25) is 0 Å². The van der Waals surface area contributed by atoms with Crippen LogP contribution in [-0.2, 0) is 6.54 Å². The zero-order valence-corrected chi connectivity index (χ0v) is 11.0.